The molecule has 2 rings (SSSR count). The molecule has 0 unspecified atom stereocenters. The van der Waals surface area contributed by atoms with Crippen molar-refractivity contribution in [3.63, 3.8) is 0 Å². The number of hydrogen-bond donors (Lipinski definition) is 1. The fourth-order valence-electron chi connectivity index (χ4n) is 1.51. The van der Waals surface area contributed by atoms with E-state index in [0.717, 1.165) is 3.57 Å². The zero-order valence-corrected chi connectivity index (χ0v) is 12.1. The van der Waals surface area contributed by atoms with Gasteiger partial charge >= 0.3 is 11.7 Å². The molecular weight excluding hydrogens is 377 g/mol. The molecule has 0 fully saturated rings. The van der Waals surface area contributed by atoms with Gasteiger partial charge in [-0.05, 0) is 59.0 Å². The largest absolute Gasteiger partial charge is 0.478 e. The van der Waals surface area contributed by atoms with Gasteiger partial charge in [0.2, 0.25) is 5.75 Å². The Hall–Kier alpha value is -2.16. The highest BCUT2D eigenvalue weighted by molar-refractivity contribution is 14.1. The van der Waals surface area contributed by atoms with E-state index in [1.165, 1.54) is 36.4 Å². The van der Waals surface area contributed by atoms with E-state index < -0.39 is 10.9 Å². The van der Waals surface area contributed by atoms with Crippen LogP contribution in [0.25, 0.3) is 0 Å². The Morgan fingerprint density at radius 2 is 1.85 bits per heavy atom. The molecule has 0 amide bonds. The predicted octanol–water partition coefficient (Wildman–Crippen LogP) is 3.69. The highest BCUT2D eigenvalue weighted by Gasteiger charge is 2.16. The molecule has 0 radical (unpaired) electrons. The van der Waals surface area contributed by atoms with Crippen LogP contribution in [0.2, 0.25) is 0 Å². The summed E-state index contributed by atoms with van der Waals surface area (Å²) in [6, 6.07) is 10.2. The van der Waals surface area contributed by atoms with Crippen LogP contribution in [0.1, 0.15) is 10.4 Å². The summed E-state index contributed by atoms with van der Waals surface area (Å²) < 4.78 is 6.15. The number of carbonyl (C=O) groups is 1. The maximum atomic E-state index is 11.0. The minimum absolute atomic E-state index is 0.110. The van der Waals surface area contributed by atoms with Crippen LogP contribution < -0.4 is 4.74 Å². The fourth-order valence-corrected chi connectivity index (χ4v) is 1.99. The third-order valence-electron chi connectivity index (χ3n) is 2.45. The first-order valence-electron chi connectivity index (χ1n) is 5.42. The minimum atomic E-state index is -1.04. The summed E-state index contributed by atoms with van der Waals surface area (Å²) in [7, 11) is 0. The Kier molecular flexibility index (Phi) is 4.18. The van der Waals surface area contributed by atoms with Crippen molar-refractivity contribution in [3.05, 3.63) is 61.7 Å². The third kappa shape index (κ3) is 3.23. The predicted molar refractivity (Wildman–Crippen MR) is 79.3 cm³/mol. The van der Waals surface area contributed by atoms with Gasteiger partial charge in [0, 0.05) is 9.64 Å². The van der Waals surface area contributed by atoms with Gasteiger partial charge in [-0.3, -0.25) is 10.1 Å². The summed E-state index contributed by atoms with van der Waals surface area (Å²) in [5, 5.41) is 19.7. The number of nitrogens with zero attached hydrogens (tertiary/aromatic N) is 1. The SMILES string of the molecule is O=C(O)c1ccc(Oc2ccc(I)cc2[N+](=O)[O-])cc1. The molecule has 1 N–H and O–H groups in total. The molecule has 102 valence electrons. The Balaban J connectivity index is 2.30. The zero-order valence-electron chi connectivity index (χ0n) is 9.95. The highest BCUT2D eigenvalue weighted by Crippen LogP contribution is 2.32. The summed E-state index contributed by atoms with van der Waals surface area (Å²) >= 11 is 1.97. The van der Waals surface area contributed by atoms with Crippen molar-refractivity contribution in [2.24, 2.45) is 0 Å². The van der Waals surface area contributed by atoms with Crippen molar-refractivity contribution in [1.82, 2.24) is 0 Å². The van der Waals surface area contributed by atoms with E-state index in [2.05, 4.69) is 0 Å². The van der Waals surface area contributed by atoms with Crippen molar-refractivity contribution in [1.29, 1.82) is 0 Å². The van der Waals surface area contributed by atoms with E-state index in [-0.39, 0.29) is 17.0 Å². The quantitative estimate of drug-likeness (QED) is 0.493. The summed E-state index contributed by atoms with van der Waals surface area (Å²) in [6.45, 7) is 0. The number of carboxylic acid groups (broad SMARTS) is 1. The van der Waals surface area contributed by atoms with Gasteiger partial charge in [0.05, 0.1) is 10.5 Å². The Bertz CT molecular complexity index is 669. The molecule has 0 heterocycles. The van der Waals surface area contributed by atoms with E-state index in [9.17, 15) is 14.9 Å². The van der Waals surface area contributed by atoms with Gasteiger partial charge in [-0.1, -0.05) is 0 Å². The molecule has 7 heteroatoms. The van der Waals surface area contributed by atoms with Gasteiger partial charge in [-0.25, -0.2) is 4.79 Å². The van der Waals surface area contributed by atoms with Crippen molar-refractivity contribution < 1.29 is 19.6 Å². The van der Waals surface area contributed by atoms with Crippen LogP contribution in [-0.2, 0) is 0 Å². The first-order chi connectivity index (χ1) is 9.47. The first-order valence-corrected chi connectivity index (χ1v) is 6.50. The van der Waals surface area contributed by atoms with Crippen molar-refractivity contribution in [2.45, 2.75) is 0 Å². The number of ether oxygens (including phenoxy) is 1. The molecule has 0 bridgehead atoms. The average Bonchev–Trinajstić information content (AvgIpc) is 2.41. The molecule has 0 saturated carbocycles. The minimum Gasteiger partial charge on any atom is -0.478 e. The van der Waals surface area contributed by atoms with Gasteiger partial charge in [-0.15, -0.1) is 0 Å². The third-order valence-corrected chi connectivity index (χ3v) is 3.12. The Labute approximate surface area is 127 Å². The lowest BCUT2D eigenvalue weighted by atomic mass is 10.2. The number of halogens is 1. The standard InChI is InChI=1S/C13H8INO5/c14-9-3-6-12(11(7-9)15(18)19)20-10-4-1-8(2-5-10)13(16)17/h1-7H,(H,16,17). The summed E-state index contributed by atoms with van der Waals surface area (Å²) in [4.78, 5) is 21.1. The molecular formula is C13H8INO5. The van der Waals surface area contributed by atoms with Crippen LogP contribution in [-0.4, -0.2) is 16.0 Å². The number of carboxylic acids is 1. The smallest absolute Gasteiger partial charge is 0.335 e. The number of nitro groups is 1. The monoisotopic (exact) mass is 385 g/mol. The molecule has 0 spiro atoms. The van der Waals surface area contributed by atoms with Crippen molar-refractivity contribution in [2.75, 3.05) is 0 Å². The van der Waals surface area contributed by atoms with Crippen LogP contribution in [0, 0.1) is 13.7 Å². The maximum Gasteiger partial charge on any atom is 0.335 e. The van der Waals surface area contributed by atoms with Crippen molar-refractivity contribution >= 4 is 34.2 Å². The van der Waals surface area contributed by atoms with Gasteiger partial charge in [0.1, 0.15) is 5.75 Å². The maximum absolute atomic E-state index is 11.0. The van der Waals surface area contributed by atoms with Crippen LogP contribution >= 0.6 is 22.6 Å². The summed E-state index contributed by atoms with van der Waals surface area (Å²) in [5.74, 6) is -0.602. The number of nitro benzene ring substituents is 1. The Morgan fingerprint density at radius 3 is 2.40 bits per heavy atom. The van der Waals surface area contributed by atoms with Gasteiger partial charge in [-0.2, -0.15) is 0 Å². The number of aromatic carboxylic acids is 1. The molecule has 20 heavy (non-hydrogen) atoms. The van der Waals surface area contributed by atoms with E-state index in [0.29, 0.717) is 5.75 Å². The molecule has 2 aromatic carbocycles. The van der Waals surface area contributed by atoms with E-state index in [1.54, 1.807) is 6.07 Å². The lowest BCUT2D eigenvalue weighted by molar-refractivity contribution is -0.385. The van der Waals surface area contributed by atoms with Gasteiger partial charge in [0.15, 0.2) is 0 Å². The molecule has 0 atom stereocenters. The van der Waals surface area contributed by atoms with E-state index in [4.69, 9.17) is 9.84 Å². The lowest BCUT2D eigenvalue weighted by Crippen LogP contribution is -1.96. The van der Waals surface area contributed by atoms with Crippen LogP contribution in [0.4, 0.5) is 5.69 Å². The lowest BCUT2D eigenvalue weighted by Gasteiger charge is -2.06. The normalized spacial score (nSPS) is 10.1. The Morgan fingerprint density at radius 1 is 1.20 bits per heavy atom. The molecule has 0 aliphatic rings. The second kappa shape index (κ2) is 5.87. The summed E-state index contributed by atoms with van der Waals surface area (Å²) in [6.07, 6.45) is 0. The van der Waals surface area contributed by atoms with Gasteiger partial charge < -0.3 is 9.84 Å². The van der Waals surface area contributed by atoms with Gasteiger partial charge in [0.25, 0.3) is 0 Å². The van der Waals surface area contributed by atoms with E-state index >= 15 is 0 Å². The molecule has 0 aromatic heterocycles. The fraction of sp³-hybridized carbons (Fsp3) is 0. The van der Waals surface area contributed by atoms with Crippen molar-refractivity contribution in [3.8, 4) is 11.5 Å². The molecule has 6 nitrogen and oxygen atoms in total. The second-order valence-electron chi connectivity index (χ2n) is 3.80. The molecule has 0 aliphatic heterocycles. The molecule has 2 aromatic rings. The summed E-state index contributed by atoms with van der Waals surface area (Å²) in [5.41, 5.74) is -0.0197. The van der Waals surface area contributed by atoms with Crippen LogP contribution in [0.15, 0.2) is 42.5 Å². The van der Waals surface area contributed by atoms with Crippen LogP contribution in [0.5, 0.6) is 11.5 Å². The number of benzene rings is 2. The highest BCUT2D eigenvalue weighted by atomic mass is 127. The number of hydrogen-bond acceptors (Lipinski definition) is 4. The number of rotatable bonds is 4. The van der Waals surface area contributed by atoms with Crippen LogP contribution in [0.3, 0.4) is 0 Å². The molecule has 0 aliphatic carbocycles. The second-order valence-corrected chi connectivity index (χ2v) is 5.05. The van der Waals surface area contributed by atoms with E-state index in [1.807, 2.05) is 22.6 Å². The molecule has 0 saturated heterocycles. The first kappa shape index (κ1) is 14.3. The zero-order chi connectivity index (χ0) is 14.7. The topological polar surface area (TPSA) is 89.7 Å². The average molecular weight is 385 g/mol.